The maximum atomic E-state index is 13.4. The Labute approximate surface area is 194 Å². The van der Waals surface area contributed by atoms with Crippen molar-refractivity contribution in [3.63, 3.8) is 0 Å². The number of esters is 1. The van der Waals surface area contributed by atoms with Crippen LogP contribution in [0.5, 0.6) is 0 Å². The minimum atomic E-state index is -0.800. The highest BCUT2D eigenvalue weighted by Crippen LogP contribution is 2.30. The number of methoxy groups -OCH3 is 1. The number of benzene rings is 1. The highest BCUT2D eigenvalue weighted by molar-refractivity contribution is 8.14. The van der Waals surface area contributed by atoms with Crippen LogP contribution >= 0.6 is 11.8 Å². The number of likely N-dealkylation sites (tertiary alicyclic amines) is 1. The Morgan fingerprint density at radius 2 is 1.75 bits per heavy atom. The van der Waals surface area contributed by atoms with E-state index in [9.17, 15) is 19.2 Å². The van der Waals surface area contributed by atoms with E-state index >= 15 is 0 Å². The molecule has 0 aliphatic carbocycles. The van der Waals surface area contributed by atoms with Crippen molar-refractivity contribution in [1.29, 1.82) is 0 Å². The second-order valence-corrected chi connectivity index (χ2v) is 9.84. The first-order valence-corrected chi connectivity index (χ1v) is 12.0. The molecule has 1 aromatic rings. The number of hydrogen-bond acceptors (Lipinski definition) is 6. The fourth-order valence-electron chi connectivity index (χ4n) is 4.00. The topological polar surface area (TPSA) is 92.8 Å². The standard InChI is InChI=1S/C24H34N2O5S/c1-15(2)20(23(29)26-14-10-9-13-19(26)24(30)31-5)25-22(28)21(32-17(4)27)16(3)18-11-7-6-8-12-18/h6-8,11-12,15-16,19-21H,9-10,13-14H2,1-5H3,(H,25,28)/t16?,19?,20-,21-/m0/s1. The van der Waals surface area contributed by atoms with Gasteiger partial charge in [-0.2, -0.15) is 0 Å². The largest absolute Gasteiger partial charge is 0.467 e. The molecule has 1 N–H and O–H groups in total. The number of ether oxygens (including phenoxy) is 1. The van der Waals surface area contributed by atoms with Gasteiger partial charge in [0.1, 0.15) is 12.1 Å². The summed E-state index contributed by atoms with van der Waals surface area (Å²) in [5.74, 6) is -1.51. The average molecular weight is 463 g/mol. The van der Waals surface area contributed by atoms with Gasteiger partial charge < -0.3 is 15.0 Å². The molecule has 0 spiro atoms. The third-order valence-corrected chi connectivity index (χ3v) is 7.03. The van der Waals surface area contributed by atoms with Crippen LogP contribution in [0.3, 0.4) is 0 Å². The summed E-state index contributed by atoms with van der Waals surface area (Å²) in [5.41, 5.74) is 0.940. The summed E-state index contributed by atoms with van der Waals surface area (Å²) < 4.78 is 4.89. The van der Waals surface area contributed by atoms with Crippen LogP contribution < -0.4 is 5.32 Å². The van der Waals surface area contributed by atoms with Crippen molar-refractivity contribution in [3.05, 3.63) is 35.9 Å². The number of amides is 2. The van der Waals surface area contributed by atoms with Crippen LogP contribution in [0.15, 0.2) is 30.3 Å². The lowest BCUT2D eigenvalue weighted by atomic mass is 9.95. The van der Waals surface area contributed by atoms with E-state index < -0.39 is 23.3 Å². The molecule has 0 bridgehead atoms. The van der Waals surface area contributed by atoms with Gasteiger partial charge in [-0.1, -0.05) is 62.9 Å². The van der Waals surface area contributed by atoms with E-state index in [4.69, 9.17) is 4.74 Å². The molecule has 1 aromatic carbocycles. The lowest BCUT2D eigenvalue weighted by Gasteiger charge is -2.37. The van der Waals surface area contributed by atoms with E-state index in [-0.39, 0.29) is 28.8 Å². The predicted molar refractivity (Wildman–Crippen MR) is 125 cm³/mol. The van der Waals surface area contributed by atoms with E-state index in [1.54, 1.807) is 0 Å². The second kappa shape index (κ2) is 12.0. The molecule has 2 unspecified atom stereocenters. The van der Waals surface area contributed by atoms with Gasteiger partial charge in [-0.25, -0.2) is 4.79 Å². The Hall–Kier alpha value is -2.35. The molecular weight excluding hydrogens is 428 g/mol. The van der Waals surface area contributed by atoms with Crippen LogP contribution in [0.2, 0.25) is 0 Å². The lowest BCUT2D eigenvalue weighted by molar-refractivity contribution is -0.156. The van der Waals surface area contributed by atoms with Crippen LogP contribution in [0.25, 0.3) is 0 Å². The number of carbonyl (C=O) groups excluding carboxylic acids is 4. The van der Waals surface area contributed by atoms with Gasteiger partial charge in [0.05, 0.1) is 12.4 Å². The van der Waals surface area contributed by atoms with Crippen molar-refractivity contribution in [2.75, 3.05) is 13.7 Å². The number of piperidine rings is 1. The first-order chi connectivity index (χ1) is 15.2. The van der Waals surface area contributed by atoms with Crippen LogP contribution in [0.1, 0.15) is 58.4 Å². The zero-order valence-electron chi connectivity index (χ0n) is 19.5. The first kappa shape index (κ1) is 25.9. The minimum Gasteiger partial charge on any atom is -0.467 e. The molecule has 1 aliphatic rings. The monoisotopic (exact) mass is 462 g/mol. The number of hydrogen-bond donors (Lipinski definition) is 1. The summed E-state index contributed by atoms with van der Waals surface area (Å²) in [6, 6.07) is 8.09. The Morgan fingerprint density at radius 3 is 2.31 bits per heavy atom. The van der Waals surface area contributed by atoms with Crippen molar-refractivity contribution in [2.45, 2.75) is 70.2 Å². The number of thioether (sulfide) groups is 1. The van der Waals surface area contributed by atoms with Crippen molar-refractivity contribution in [3.8, 4) is 0 Å². The van der Waals surface area contributed by atoms with E-state index in [0.29, 0.717) is 13.0 Å². The molecule has 2 rings (SSSR count). The minimum absolute atomic E-state index is 0.165. The molecule has 1 aliphatic heterocycles. The van der Waals surface area contributed by atoms with Gasteiger partial charge in [-0.15, -0.1) is 0 Å². The summed E-state index contributed by atoms with van der Waals surface area (Å²) in [5, 5.41) is 2.05. The van der Waals surface area contributed by atoms with Gasteiger partial charge in [-0.3, -0.25) is 14.4 Å². The molecule has 8 heteroatoms. The molecule has 4 atom stereocenters. The molecule has 0 radical (unpaired) electrons. The molecule has 176 valence electrons. The van der Waals surface area contributed by atoms with Crippen molar-refractivity contribution >= 4 is 34.7 Å². The highest BCUT2D eigenvalue weighted by Gasteiger charge is 2.39. The first-order valence-electron chi connectivity index (χ1n) is 11.1. The van der Waals surface area contributed by atoms with E-state index in [1.165, 1.54) is 18.9 Å². The smallest absolute Gasteiger partial charge is 0.328 e. The van der Waals surface area contributed by atoms with E-state index in [0.717, 1.165) is 30.2 Å². The summed E-state index contributed by atoms with van der Waals surface area (Å²) in [6.07, 6.45) is 2.19. The molecule has 7 nitrogen and oxygen atoms in total. The number of nitrogens with one attached hydrogen (secondary N) is 1. The highest BCUT2D eigenvalue weighted by atomic mass is 32.2. The normalized spacial score (nSPS) is 19.1. The SMILES string of the molecule is COC(=O)C1CCCCN1C(=O)[C@@H](NC(=O)[C@@H](SC(C)=O)C(C)c1ccccc1)C(C)C. The molecular formula is C24H34N2O5S. The maximum absolute atomic E-state index is 13.4. The van der Waals surface area contributed by atoms with Crippen LogP contribution in [-0.2, 0) is 23.9 Å². The van der Waals surface area contributed by atoms with Crippen LogP contribution in [-0.4, -0.2) is 58.8 Å². The summed E-state index contributed by atoms with van der Waals surface area (Å²) in [4.78, 5) is 52.4. The predicted octanol–water partition coefficient (Wildman–Crippen LogP) is 3.13. The van der Waals surface area contributed by atoms with Crippen LogP contribution in [0, 0.1) is 5.92 Å². The Morgan fingerprint density at radius 1 is 1.09 bits per heavy atom. The fourth-order valence-corrected chi connectivity index (χ4v) is 4.89. The molecule has 1 fully saturated rings. The summed E-state index contributed by atoms with van der Waals surface area (Å²) in [6.45, 7) is 7.49. The third kappa shape index (κ3) is 6.58. The number of nitrogens with zero attached hydrogens (tertiary/aromatic N) is 1. The molecule has 2 amide bonds. The summed E-state index contributed by atoms with van der Waals surface area (Å²) >= 11 is 0.971. The summed E-state index contributed by atoms with van der Waals surface area (Å²) in [7, 11) is 1.32. The maximum Gasteiger partial charge on any atom is 0.328 e. The van der Waals surface area contributed by atoms with E-state index in [1.807, 2.05) is 51.1 Å². The lowest BCUT2D eigenvalue weighted by Crippen LogP contribution is -2.58. The quantitative estimate of drug-likeness (QED) is 0.597. The third-order valence-electron chi connectivity index (χ3n) is 5.82. The molecule has 1 saturated heterocycles. The van der Waals surface area contributed by atoms with Gasteiger partial charge in [0.2, 0.25) is 11.8 Å². The van der Waals surface area contributed by atoms with E-state index in [2.05, 4.69) is 5.32 Å². The van der Waals surface area contributed by atoms with Crippen molar-refractivity contribution in [2.24, 2.45) is 5.92 Å². The average Bonchev–Trinajstić information content (AvgIpc) is 2.79. The van der Waals surface area contributed by atoms with Crippen molar-refractivity contribution in [1.82, 2.24) is 10.2 Å². The van der Waals surface area contributed by atoms with Crippen LogP contribution in [0.4, 0.5) is 0 Å². The zero-order chi connectivity index (χ0) is 23.8. The molecule has 1 heterocycles. The fraction of sp³-hybridized carbons (Fsp3) is 0.583. The number of rotatable bonds is 8. The molecule has 0 aromatic heterocycles. The van der Waals surface area contributed by atoms with Gasteiger partial charge in [0, 0.05) is 19.4 Å². The Bertz CT molecular complexity index is 814. The van der Waals surface area contributed by atoms with Gasteiger partial charge in [0.25, 0.3) is 0 Å². The zero-order valence-corrected chi connectivity index (χ0v) is 20.3. The number of carbonyl (C=O) groups is 4. The molecule has 0 saturated carbocycles. The van der Waals surface area contributed by atoms with Gasteiger partial charge in [-0.05, 0) is 30.7 Å². The Balaban J connectivity index is 2.24. The second-order valence-electron chi connectivity index (χ2n) is 8.53. The molecule has 32 heavy (non-hydrogen) atoms. The van der Waals surface area contributed by atoms with Gasteiger partial charge >= 0.3 is 5.97 Å². The van der Waals surface area contributed by atoms with Gasteiger partial charge in [0.15, 0.2) is 5.12 Å². The Kier molecular flexibility index (Phi) is 9.75. The van der Waals surface area contributed by atoms with Crippen molar-refractivity contribution < 1.29 is 23.9 Å².